The van der Waals surface area contributed by atoms with Gasteiger partial charge in [-0.1, -0.05) is 17.7 Å². The van der Waals surface area contributed by atoms with E-state index < -0.39 is 0 Å². The number of aromatic nitrogens is 1. The van der Waals surface area contributed by atoms with E-state index in [9.17, 15) is 9.59 Å². The minimum Gasteiger partial charge on any atom is -0.355 e. The van der Waals surface area contributed by atoms with Gasteiger partial charge in [-0.2, -0.15) is 0 Å². The van der Waals surface area contributed by atoms with Crippen LogP contribution in [0.1, 0.15) is 50.2 Å². The van der Waals surface area contributed by atoms with Crippen molar-refractivity contribution in [1.82, 2.24) is 4.98 Å². The second-order valence-corrected chi connectivity index (χ2v) is 6.68. The first-order chi connectivity index (χ1) is 10.3. The minimum absolute atomic E-state index is 0.00696. The Hall–Kier alpha value is -1.81. The van der Waals surface area contributed by atoms with Crippen LogP contribution in [0.5, 0.6) is 0 Å². The van der Waals surface area contributed by atoms with Crippen molar-refractivity contribution >= 4 is 23.3 Å². The number of ketones is 2. The molecule has 1 aromatic heterocycles. The van der Waals surface area contributed by atoms with Crippen LogP contribution in [0.3, 0.4) is 0 Å². The molecule has 0 radical (unpaired) electrons. The van der Waals surface area contributed by atoms with Gasteiger partial charge in [0, 0.05) is 16.2 Å². The van der Waals surface area contributed by atoms with Gasteiger partial charge in [0.15, 0.2) is 11.6 Å². The molecule has 0 bridgehead atoms. The molecule has 0 spiro atoms. The lowest BCUT2D eigenvalue weighted by molar-refractivity contribution is 0.101. The highest BCUT2D eigenvalue weighted by atomic mass is 32.2. The number of aryl methyl sites for hydroxylation is 3. The first-order valence-electron chi connectivity index (χ1n) is 7.24. The lowest BCUT2D eigenvalue weighted by Crippen LogP contribution is -2.05. The molecule has 0 amide bonds. The van der Waals surface area contributed by atoms with E-state index in [-0.39, 0.29) is 11.6 Å². The molecule has 0 fully saturated rings. The zero-order valence-electron chi connectivity index (χ0n) is 13.7. The predicted molar refractivity (Wildman–Crippen MR) is 91.2 cm³/mol. The van der Waals surface area contributed by atoms with E-state index in [0.717, 1.165) is 16.2 Å². The van der Waals surface area contributed by atoms with Gasteiger partial charge in [-0.15, -0.1) is 11.8 Å². The zero-order valence-corrected chi connectivity index (χ0v) is 14.5. The summed E-state index contributed by atoms with van der Waals surface area (Å²) < 4.78 is 0. The molecule has 3 nitrogen and oxygen atoms in total. The Balaban J connectivity index is 2.18. The highest BCUT2D eigenvalue weighted by Gasteiger charge is 2.19. The largest absolute Gasteiger partial charge is 0.355 e. The summed E-state index contributed by atoms with van der Waals surface area (Å²) in [4.78, 5) is 28.3. The van der Waals surface area contributed by atoms with Crippen molar-refractivity contribution < 1.29 is 9.59 Å². The van der Waals surface area contributed by atoms with Crippen LogP contribution < -0.4 is 0 Å². The number of rotatable bonds is 5. The summed E-state index contributed by atoms with van der Waals surface area (Å²) in [6.45, 7) is 9.28. The number of carbonyl (C=O) groups excluding carboxylic acids is 2. The standard InChI is InChI=1S/C18H21NO2S/c1-10-6-7-11(2)16(8-10)22-9-15(21)18-12(3)17(14(5)20)13(4)19-18/h6-8,19H,9H2,1-5H3. The Morgan fingerprint density at radius 1 is 1.14 bits per heavy atom. The van der Waals surface area contributed by atoms with Crippen LogP contribution in [0, 0.1) is 27.7 Å². The van der Waals surface area contributed by atoms with Crippen LogP contribution in [-0.4, -0.2) is 22.3 Å². The molecule has 2 rings (SSSR count). The van der Waals surface area contributed by atoms with Gasteiger partial charge in [0.1, 0.15) is 0 Å². The smallest absolute Gasteiger partial charge is 0.189 e. The third kappa shape index (κ3) is 3.33. The van der Waals surface area contributed by atoms with Crippen LogP contribution in [0.25, 0.3) is 0 Å². The minimum atomic E-state index is -0.00696. The lowest BCUT2D eigenvalue weighted by atomic mass is 10.1. The maximum Gasteiger partial charge on any atom is 0.189 e. The second kappa shape index (κ2) is 6.53. The number of hydrogen-bond donors (Lipinski definition) is 1. The van der Waals surface area contributed by atoms with E-state index in [4.69, 9.17) is 0 Å². The number of thioether (sulfide) groups is 1. The van der Waals surface area contributed by atoms with E-state index in [1.165, 1.54) is 18.1 Å². The van der Waals surface area contributed by atoms with Crippen LogP contribution in [-0.2, 0) is 0 Å². The van der Waals surface area contributed by atoms with E-state index in [0.29, 0.717) is 17.0 Å². The maximum absolute atomic E-state index is 12.5. The Morgan fingerprint density at radius 2 is 1.82 bits per heavy atom. The number of aromatic amines is 1. The first-order valence-corrected chi connectivity index (χ1v) is 8.23. The van der Waals surface area contributed by atoms with Gasteiger partial charge in [-0.05, 0) is 51.8 Å². The summed E-state index contributed by atoms with van der Waals surface area (Å²) in [7, 11) is 0. The second-order valence-electron chi connectivity index (χ2n) is 5.66. The Labute approximate surface area is 135 Å². The maximum atomic E-state index is 12.5. The Kier molecular flexibility index (Phi) is 4.91. The molecule has 0 aliphatic heterocycles. The number of carbonyl (C=O) groups is 2. The van der Waals surface area contributed by atoms with Crippen molar-refractivity contribution in [2.45, 2.75) is 39.5 Å². The lowest BCUT2D eigenvalue weighted by Gasteiger charge is -2.06. The number of H-pyrrole nitrogens is 1. The van der Waals surface area contributed by atoms with Crippen LogP contribution >= 0.6 is 11.8 Å². The molecule has 2 aromatic rings. The van der Waals surface area contributed by atoms with Gasteiger partial charge in [-0.3, -0.25) is 9.59 Å². The van der Waals surface area contributed by atoms with Gasteiger partial charge in [-0.25, -0.2) is 0 Å². The fraction of sp³-hybridized carbons (Fsp3) is 0.333. The van der Waals surface area contributed by atoms with Crippen molar-refractivity contribution in [3.05, 3.63) is 51.8 Å². The van der Waals surface area contributed by atoms with Gasteiger partial charge in [0.05, 0.1) is 11.4 Å². The summed E-state index contributed by atoms with van der Waals surface area (Å²) in [6.07, 6.45) is 0. The number of hydrogen-bond acceptors (Lipinski definition) is 3. The van der Waals surface area contributed by atoms with E-state index in [1.54, 1.807) is 11.8 Å². The molecule has 116 valence electrons. The Morgan fingerprint density at radius 3 is 2.41 bits per heavy atom. The highest BCUT2D eigenvalue weighted by Crippen LogP contribution is 2.26. The average molecular weight is 315 g/mol. The third-order valence-corrected chi connectivity index (χ3v) is 4.93. The van der Waals surface area contributed by atoms with E-state index in [2.05, 4.69) is 23.2 Å². The van der Waals surface area contributed by atoms with Gasteiger partial charge >= 0.3 is 0 Å². The number of nitrogens with one attached hydrogen (secondary N) is 1. The molecule has 1 N–H and O–H groups in total. The molecule has 1 aromatic carbocycles. The SMILES string of the molecule is CC(=O)c1c(C)[nH]c(C(=O)CSc2cc(C)ccc2C)c1C. The molecule has 1 heterocycles. The van der Waals surface area contributed by atoms with Crippen LogP contribution in [0.15, 0.2) is 23.1 Å². The molecule has 0 aliphatic carbocycles. The van der Waals surface area contributed by atoms with Crippen molar-refractivity contribution in [2.24, 2.45) is 0 Å². The van der Waals surface area contributed by atoms with Gasteiger partial charge in [0.25, 0.3) is 0 Å². The van der Waals surface area contributed by atoms with Crippen molar-refractivity contribution in [3.8, 4) is 0 Å². The van der Waals surface area contributed by atoms with Crippen LogP contribution in [0.2, 0.25) is 0 Å². The third-order valence-electron chi connectivity index (χ3n) is 3.77. The fourth-order valence-corrected chi connectivity index (χ4v) is 3.63. The Bertz CT molecular complexity index is 744. The summed E-state index contributed by atoms with van der Waals surface area (Å²) in [5.74, 6) is 0.383. The monoisotopic (exact) mass is 315 g/mol. The van der Waals surface area contributed by atoms with Crippen molar-refractivity contribution in [1.29, 1.82) is 0 Å². The van der Waals surface area contributed by atoms with Crippen molar-refractivity contribution in [2.75, 3.05) is 5.75 Å². The quantitative estimate of drug-likeness (QED) is 0.656. The van der Waals surface area contributed by atoms with E-state index in [1.807, 2.05) is 27.7 Å². The average Bonchev–Trinajstić information content (AvgIpc) is 2.74. The summed E-state index contributed by atoms with van der Waals surface area (Å²) in [5, 5.41) is 0. The topological polar surface area (TPSA) is 49.9 Å². The number of benzene rings is 1. The molecule has 0 aliphatic rings. The molecule has 0 saturated carbocycles. The molecule has 0 unspecified atom stereocenters. The molecular formula is C18H21NO2S. The molecule has 22 heavy (non-hydrogen) atoms. The molecule has 0 saturated heterocycles. The molecule has 0 atom stereocenters. The number of Topliss-reactive ketones (excluding diaryl/α,β-unsaturated/α-hetero) is 2. The summed E-state index contributed by atoms with van der Waals surface area (Å²) in [5.41, 5.74) is 5.08. The van der Waals surface area contributed by atoms with Gasteiger partial charge < -0.3 is 4.98 Å². The normalized spacial score (nSPS) is 10.8. The summed E-state index contributed by atoms with van der Waals surface area (Å²) in [6, 6.07) is 6.24. The van der Waals surface area contributed by atoms with Gasteiger partial charge in [0.2, 0.25) is 0 Å². The first kappa shape index (κ1) is 16.6. The fourth-order valence-electron chi connectivity index (χ4n) is 2.64. The molecular weight excluding hydrogens is 294 g/mol. The summed E-state index contributed by atoms with van der Waals surface area (Å²) >= 11 is 1.54. The highest BCUT2D eigenvalue weighted by molar-refractivity contribution is 8.00. The molecule has 4 heteroatoms. The van der Waals surface area contributed by atoms with E-state index >= 15 is 0 Å². The predicted octanol–water partition coefficient (Wildman–Crippen LogP) is 4.43. The van der Waals surface area contributed by atoms with Crippen LogP contribution in [0.4, 0.5) is 0 Å². The zero-order chi connectivity index (χ0) is 16.4. The van der Waals surface area contributed by atoms with Crippen molar-refractivity contribution in [3.63, 3.8) is 0 Å².